The zero-order chi connectivity index (χ0) is 35.9. The molecule has 3 aliphatic rings. The predicted octanol–water partition coefficient (Wildman–Crippen LogP) is 4.27. The number of aliphatic hydroxyl groups excluding tert-OH is 1. The number of likely N-dealkylation sites (N-methyl/N-ethyl adjacent to an activating group) is 1. The summed E-state index contributed by atoms with van der Waals surface area (Å²) < 4.78 is 24.0. The van der Waals surface area contributed by atoms with Crippen molar-refractivity contribution in [1.29, 1.82) is 0 Å². The lowest BCUT2D eigenvalue weighted by atomic mass is 9.49. The molecule has 2 saturated carbocycles. The number of ether oxygens (including phenoxy) is 4. The third-order valence-electron chi connectivity index (χ3n) is 10.8. The maximum absolute atomic E-state index is 13.7. The highest BCUT2D eigenvalue weighted by Gasteiger charge is 2.64. The molecule has 2 bridgehead atoms. The number of fused-ring (bicyclic) bond motifs is 3. The van der Waals surface area contributed by atoms with Crippen molar-refractivity contribution in [1.82, 2.24) is 4.90 Å². The lowest BCUT2D eigenvalue weighted by Gasteiger charge is -2.59. The maximum Gasteiger partial charge on any atom is 0.337 e. The monoisotopic (exact) mass is 667 g/mol. The molecule has 1 aromatic carbocycles. The van der Waals surface area contributed by atoms with Crippen molar-refractivity contribution in [3.8, 4) is 0 Å². The molecular weight excluding hydrogens is 618 g/mol. The molecular formula is C37H49NO10. The van der Waals surface area contributed by atoms with Crippen LogP contribution in [0.4, 0.5) is 0 Å². The van der Waals surface area contributed by atoms with E-state index in [9.17, 15) is 29.1 Å². The Morgan fingerprint density at radius 2 is 1.50 bits per heavy atom. The first-order valence-corrected chi connectivity index (χ1v) is 16.4. The summed E-state index contributed by atoms with van der Waals surface area (Å²) in [4.78, 5) is 67.0. The molecule has 0 saturated heterocycles. The van der Waals surface area contributed by atoms with Crippen molar-refractivity contribution in [2.24, 2.45) is 22.7 Å². The number of allylic oxidation sites excluding steroid dienone is 1. The van der Waals surface area contributed by atoms with E-state index in [0.717, 1.165) is 0 Å². The molecule has 48 heavy (non-hydrogen) atoms. The van der Waals surface area contributed by atoms with Crippen molar-refractivity contribution in [2.45, 2.75) is 104 Å². The van der Waals surface area contributed by atoms with Crippen LogP contribution in [0.5, 0.6) is 0 Å². The van der Waals surface area contributed by atoms with Crippen LogP contribution in [0.3, 0.4) is 0 Å². The zero-order valence-electron chi connectivity index (χ0n) is 29.4. The van der Waals surface area contributed by atoms with Gasteiger partial charge in [-0.05, 0) is 67.0 Å². The van der Waals surface area contributed by atoms with E-state index < -0.39 is 77.2 Å². The summed E-state index contributed by atoms with van der Waals surface area (Å²) in [6.45, 7) is 15.6. The number of esters is 4. The quantitative estimate of drug-likeness (QED) is 0.241. The Kier molecular flexibility index (Phi) is 10.8. The molecule has 0 aliphatic heterocycles. The van der Waals surface area contributed by atoms with Gasteiger partial charge in [-0.1, -0.05) is 57.7 Å². The number of nitrogens with zero attached hydrogens (tertiary/aromatic N) is 1. The smallest absolute Gasteiger partial charge is 0.337 e. The minimum atomic E-state index is -1.57. The first-order valence-electron chi connectivity index (χ1n) is 16.4. The fraction of sp³-hybridized carbons (Fsp3) is 0.595. The molecule has 9 atom stereocenters. The van der Waals surface area contributed by atoms with E-state index in [1.165, 1.54) is 20.8 Å². The average Bonchev–Trinajstić information content (AvgIpc) is 2.98. The van der Waals surface area contributed by atoms with Crippen LogP contribution in [0.2, 0.25) is 0 Å². The number of ketones is 1. The summed E-state index contributed by atoms with van der Waals surface area (Å²) in [6.07, 6.45) is -5.49. The topological polar surface area (TPSA) is 146 Å². The Morgan fingerprint density at radius 3 is 2.04 bits per heavy atom. The van der Waals surface area contributed by atoms with Crippen LogP contribution in [0.15, 0.2) is 53.6 Å². The van der Waals surface area contributed by atoms with E-state index in [-0.39, 0.29) is 24.5 Å². The Morgan fingerprint density at radius 1 is 0.917 bits per heavy atom. The molecule has 11 heteroatoms. The average molecular weight is 668 g/mol. The molecule has 4 rings (SSSR count). The fourth-order valence-electron chi connectivity index (χ4n) is 8.36. The largest absolute Gasteiger partial charge is 0.462 e. The zero-order valence-corrected chi connectivity index (χ0v) is 29.4. The first-order chi connectivity index (χ1) is 22.3. The summed E-state index contributed by atoms with van der Waals surface area (Å²) in [5, 5.41) is 11.3. The number of rotatable bonds is 8. The van der Waals surface area contributed by atoms with Gasteiger partial charge in [-0.15, -0.1) is 0 Å². The molecule has 0 spiro atoms. The molecule has 2 fully saturated rings. The molecule has 0 radical (unpaired) electrons. The molecule has 0 amide bonds. The maximum atomic E-state index is 13.7. The Bertz CT molecular complexity index is 1500. The fourth-order valence-corrected chi connectivity index (χ4v) is 8.36. The lowest BCUT2D eigenvalue weighted by molar-refractivity contribution is -0.212. The van der Waals surface area contributed by atoms with Crippen LogP contribution < -0.4 is 0 Å². The highest BCUT2D eigenvalue weighted by atomic mass is 16.6. The van der Waals surface area contributed by atoms with Crippen molar-refractivity contribution in [2.75, 3.05) is 14.1 Å². The van der Waals surface area contributed by atoms with Gasteiger partial charge in [-0.25, -0.2) is 4.79 Å². The molecule has 262 valence electrons. The van der Waals surface area contributed by atoms with E-state index >= 15 is 0 Å². The molecule has 1 aromatic rings. The van der Waals surface area contributed by atoms with Gasteiger partial charge < -0.3 is 24.1 Å². The van der Waals surface area contributed by atoms with Crippen LogP contribution >= 0.6 is 0 Å². The number of hydrogen-bond donors (Lipinski definition) is 1. The van der Waals surface area contributed by atoms with Crippen LogP contribution in [0, 0.1) is 22.7 Å². The second kappa shape index (κ2) is 14.0. The van der Waals surface area contributed by atoms with Crippen LogP contribution in [0.1, 0.15) is 79.3 Å². The minimum Gasteiger partial charge on any atom is -0.462 e. The van der Waals surface area contributed by atoms with Gasteiger partial charge in [0, 0.05) is 33.6 Å². The van der Waals surface area contributed by atoms with Crippen LogP contribution in [0.25, 0.3) is 0 Å². The summed E-state index contributed by atoms with van der Waals surface area (Å²) in [6, 6.07) is 8.37. The van der Waals surface area contributed by atoms with Gasteiger partial charge in [-0.3, -0.25) is 24.1 Å². The summed E-state index contributed by atoms with van der Waals surface area (Å²) in [5.41, 5.74) is 0.235. The Balaban J connectivity index is 1.85. The molecule has 0 aromatic heterocycles. The third-order valence-corrected chi connectivity index (χ3v) is 10.8. The van der Waals surface area contributed by atoms with Gasteiger partial charge in [0.2, 0.25) is 0 Å². The van der Waals surface area contributed by atoms with Gasteiger partial charge in [0.1, 0.15) is 12.2 Å². The Labute approximate surface area is 282 Å². The van der Waals surface area contributed by atoms with E-state index in [1.807, 2.05) is 44.2 Å². The number of benzene rings is 1. The van der Waals surface area contributed by atoms with E-state index in [1.54, 1.807) is 32.8 Å². The highest BCUT2D eigenvalue weighted by molar-refractivity contribution is 5.97. The minimum absolute atomic E-state index is 0.0581. The number of Topliss-reactive ketones (excluding diaryl/α,β-unsaturated/α-hetero) is 1. The predicted molar refractivity (Wildman–Crippen MR) is 175 cm³/mol. The molecule has 1 N–H and O–H groups in total. The molecule has 0 heterocycles. The van der Waals surface area contributed by atoms with E-state index in [0.29, 0.717) is 28.7 Å². The Hall–Kier alpha value is -3.83. The number of aliphatic hydroxyl groups is 1. The standard InChI is InChI=1S/C37H49NO10/c1-19-26-16-25-17-27(42)20(2)30(36(25,6)7)33(46-22(4)40)34(47-23(5)41)37(26,8)29(45-21(3)39)18-28(19)48-35(44)32(43)31(38(9)10)24-14-12-11-13-15-24/h11-15,25-26,28-29,31-34,43H,1,16-18H2,2-10H3/t25?,26?,28?,29-,31?,32+,33+,34?,37-/m0/s1. The van der Waals surface area contributed by atoms with Gasteiger partial charge in [0.15, 0.2) is 24.1 Å². The van der Waals surface area contributed by atoms with Crippen molar-refractivity contribution < 1.29 is 48.0 Å². The second-order valence-electron chi connectivity index (χ2n) is 14.4. The second-order valence-corrected chi connectivity index (χ2v) is 14.4. The van der Waals surface area contributed by atoms with Gasteiger partial charge >= 0.3 is 23.9 Å². The third kappa shape index (κ3) is 6.85. The molecule has 5 unspecified atom stereocenters. The van der Waals surface area contributed by atoms with Crippen molar-refractivity contribution in [3.63, 3.8) is 0 Å². The lowest BCUT2D eigenvalue weighted by Crippen LogP contribution is -2.64. The van der Waals surface area contributed by atoms with E-state index in [4.69, 9.17) is 18.9 Å². The number of carbonyl (C=O) groups excluding carboxylic acids is 5. The molecule has 3 aliphatic carbocycles. The molecule has 11 nitrogen and oxygen atoms in total. The summed E-state index contributed by atoms with van der Waals surface area (Å²) in [5.74, 6) is -3.85. The van der Waals surface area contributed by atoms with Gasteiger partial charge in [0.05, 0.1) is 11.5 Å². The van der Waals surface area contributed by atoms with Crippen molar-refractivity contribution in [3.05, 3.63) is 59.2 Å². The number of carbonyl (C=O) groups is 5. The normalized spacial score (nSPS) is 31.1. The highest BCUT2D eigenvalue weighted by Crippen LogP contribution is 2.60. The SMILES string of the molecule is C=C1C(OC(=O)[C@H](O)C(c2ccccc2)N(C)C)C[C@H](OC(C)=O)[C@]2(C)C1CC1CC(=O)C(C)=C([C@@H](OC(C)=O)C2OC(C)=O)C1(C)C. The van der Waals surface area contributed by atoms with Crippen LogP contribution in [-0.2, 0) is 42.9 Å². The van der Waals surface area contributed by atoms with Gasteiger partial charge in [0.25, 0.3) is 0 Å². The van der Waals surface area contributed by atoms with Gasteiger partial charge in [-0.2, -0.15) is 0 Å². The van der Waals surface area contributed by atoms with Crippen LogP contribution in [-0.4, -0.2) is 84.3 Å². The number of hydrogen-bond acceptors (Lipinski definition) is 11. The summed E-state index contributed by atoms with van der Waals surface area (Å²) >= 11 is 0. The van der Waals surface area contributed by atoms with E-state index in [2.05, 4.69) is 6.58 Å². The van der Waals surface area contributed by atoms with Crippen molar-refractivity contribution >= 4 is 29.7 Å². The summed E-state index contributed by atoms with van der Waals surface area (Å²) in [7, 11) is 3.49. The first kappa shape index (κ1) is 37.0.